The van der Waals surface area contributed by atoms with Gasteiger partial charge in [0.1, 0.15) is 17.2 Å². The van der Waals surface area contributed by atoms with Crippen molar-refractivity contribution in [2.24, 2.45) is 10.8 Å². The standard InChI is InChI=1S/C25H30N6O4/c1-4-21(32)31-11-9-17(10-12-31)28-20(22-23(26)25(33)30-29-24(22)27)8-7-16-13-18(34-5-2)15-19(14-16)35-6-3/h4,13-15,17,26,28H,1,5-6,9-12H2,2-3H3,(H2,27,29)(H,30,33)/b22-20+,26-23?. The maximum atomic E-state index is 12.1. The van der Waals surface area contributed by atoms with Crippen molar-refractivity contribution in [3.63, 3.8) is 0 Å². The van der Waals surface area contributed by atoms with Gasteiger partial charge < -0.3 is 25.4 Å². The second-order valence-corrected chi connectivity index (χ2v) is 7.82. The Kier molecular flexibility index (Phi) is 8.51. The number of nitrogens with two attached hydrogens (primary N) is 1. The van der Waals surface area contributed by atoms with Crippen molar-refractivity contribution >= 4 is 23.4 Å². The molecule has 10 heteroatoms. The number of hydrogen-bond acceptors (Lipinski definition) is 8. The van der Waals surface area contributed by atoms with E-state index in [1.165, 1.54) is 6.08 Å². The van der Waals surface area contributed by atoms with Crippen LogP contribution in [-0.2, 0) is 9.59 Å². The topological polar surface area (TPSA) is 142 Å². The van der Waals surface area contributed by atoms with Crippen molar-refractivity contribution in [2.45, 2.75) is 32.7 Å². The Morgan fingerprint density at radius 1 is 1.29 bits per heavy atom. The van der Waals surface area contributed by atoms with Crippen LogP contribution in [0.2, 0.25) is 0 Å². The number of likely N-dealkylation sites (tertiary alicyclic amines) is 1. The molecule has 0 spiro atoms. The molecule has 184 valence electrons. The highest BCUT2D eigenvalue weighted by Crippen LogP contribution is 2.23. The average molecular weight is 479 g/mol. The van der Waals surface area contributed by atoms with Crippen LogP contribution in [0.3, 0.4) is 0 Å². The highest BCUT2D eigenvalue weighted by molar-refractivity contribution is 6.52. The van der Waals surface area contributed by atoms with Crippen LogP contribution in [0.5, 0.6) is 11.5 Å². The maximum Gasteiger partial charge on any atom is 0.290 e. The summed E-state index contributed by atoms with van der Waals surface area (Å²) in [6, 6.07) is 5.33. The molecule has 5 N–H and O–H groups in total. The van der Waals surface area contributed by atoms with Crippen LogP contribution in [-0.4, -0.2) is 60.6 Å². The Balaban J connectivity index is 1.96. The van der Waals surface area contributed by atoms with E-state index in [1.54, 1.807) is 23.1 Å². The lowest BCUT2D eigenvalue weighted by Crippen LogP contribution is -2.46. The molecule has 10 nitrogen and oxygen atoms in total. The minimum Gasteiger partial charge on any atom is -0.494 e. The van der Waals surface area contributed by atoms with Crippen molar-refractivity contribution in [1.82, 2.24) is 15.6 Å². The smallest absolute Gasteiger partial charge is 0.290 e. The number of carbonyl (C=O) groups excluding carboxylic acids is 2. The van der Waals surface area contributed by atoms with Gasteiger partial charge in [-0.2, -0.15) is 5.10 Å². The minimum atomic E-state index is -0.668. The van der Waals surface area contributed by atoms with Gasteiger partial charge in [0.2, 0.25) is 5.91 Å². The van der Waals surface area contributed by atoms with Crippen LogP contribution < -0.4 is 25.9 Å². The Morgan fingerprint density at radius 2 is 1.91 bits per heavy atom. The number of allylic oxidation sites excluding steroid dienone is 1. The first-order chi connectivity index (χ1) is 16.9. The molecule has 2 amide bonds. The molecule has 2 aliphatic rings. The molecule has 2 heterocycles. The van der Waals surface area contributed by atoms with Crippen LogP contribution in [0.4, 0.5) is 0 Å². The molecule has 35 heavy (non-hydrogen) atoms. The fourth-order valence-corrected chi connectivity index (χ4v) is 3.74. The molecule has 0 unspecified atom stereocenters. The summed E-state index contributed by atoms with van der Waals surface area (Å²) in [5.41, 5.74) is 9.01. The van der Waals surface area contributed by atoms with E-state index in [0.29, 0.717) is 61.9 Å². The summed E-state index contributed by atoms with van der Waals surface area (Å²) in [4.78, 5) is 25.7. The van der Waals surface area contributed by atoms with Gasteiger partial charge in [0, 0.05) is 30.8 Å². The van der Waals surface area contributed by atoms with E-state index in [9.17, 15) is 9.59 Å². The average Bonchev–Trinajstić information content (AvgIpc) is 2.85. The number of hydrogen-bond donors (Lipinski definition) is 4. The zero-order chi connectivity index (χ0) is 25.4. The third kappa shape index (κ3) is 6.41. The van der Waals surface area contributed by atoms with Gasteiger partial charge in [0.15, 0.2) is 5.84 Å². The number of ether oxygens (including phenoxy) is 2. The first kappa shape index (κ1) is 25.4. The highest BCUT2D eigenvalue weighted by Gasteiger charge is 2.28. The largest absolute Gasteiger partial charge is 0.494 e. The van der Waals surface area contributed by atoms with Crippen LogP contribution >= 0.6 is 0 Å². The van der Waals surface area contributed by atoms with Gasteiger partial charge in [-0.1, -0.05) is 12.5 Å². The SMILES string of the molecule is C=CC(=O)N1CCC(N/C(C#Cc2cc(OCC)cc(OCC)c2)=C2\C(=N)C(=O)NN=C2N)CC1. The first-order valence-electron chi connectivity index (χ1n) is 11.4. The second-order valence-electron chi connectivity index (χ2n) is 7.82. The van der Waals surface area contributed by atoms with E-state index < -0.39 is 5.91 Å². The molecule has 0 bridgehead atoms. The zero-order valence-corrected chi connectivity index (χ0v) is 19.9. The van der Waals surface area contributed by atoms with Crippen molar-refractivity contribution < 1.29 is 19.1 Å². The number of amidine groups is 1. The molecule has 1 aromatic carbocycles. The number of amides is 2. The first-order valence-corrected chi connectivity index (χ1v) is 11.4. The third-order valence-corrected chi connectivity index (χ3v) is 5.42. The van der Waals surface area contributed by atoms with Crippen molar-refractivity contribution in [3.05, 3.63) is 47.7 Å². The second kappa shape index (κ2) is 11.7. The molecular weight excluding hydrogens is 448 g/mol. The van der Waals surface area contributed by atoms with E-state index in [0.717, 1.165) is 0 Å². The van der Waals surface area contributed by atoms with Gasteiger partial charge in [-0.05, 0) is 50.8 Å². The summed E-state index contributed by atoms with van der Waals surface area (Å²) in [5, 5.41) is 15.4. The van der Waals surface area contributed by atoms with Crippen LogP contribution in [0.25, 0.3) is 0 Å². The summed E-state index contributed by atoms with van der Waals surface area (Å²) >= 11 is 0. The van der Waals surface area contributed by atoms with Gasteiger partial charge in [0.25, 0.3) is 5.91 Å². The lowest BCUT2D eigenvalue weighted by Gasteiger charge is -2.32. The highest BCUT2D eigenvalue weighted by atomic mass is 16.5. The number of carbonyl (C=O) groups is 2. The Hall–Kier alpha value is -4.26. The van der Waals surface area contributed by atoms with Gasteiger partial charge in [-0.25, -0.2) is 5.43 Å². The van der Waals surface area contributed by atoms with Crippen molar-refractivity contribution in [3.8, 4) is 23.3 Å². The fourth-order valence-electron chi connectivity index (χ4n) is 3.74. The van der Waals surface area contributed by atoms with E-state index in [2.05, 4.69) is 34.3 Å². The van der Waals surface area contributed by atoms with Crippen LogP contribution in [0.15, 0.2) is 47.2 Å². The summed E-state index contributed by atoms with van der Waals surface area (Å²) < 4.78 is 11.2. The van der Waals surface area contributed by atoms with E-state index in [1.807, 2.05) is 13.8 Å². The fraction of sp³-hybridized carbons (Fsp3) is 0.360. The quantitative estimate of drug-likeness (QED) is 0.344. The molecule has 0 aromatic heterocycles. The van der Waals surface area contributed by atoms with E-state index in [4.69, 9.17) is 20.6 Å². The molecule has 1 aromatic rings. The summed E-state index contributed by atoms with van der Waals surface area (Å²) in [6.07, 6.45) is 2.62. The van der Waals surface area contributed by atoms with Gasteiger partial charge >= 0.3 is 0 Å². The number of benzene rings is 1. The molecule has 0 radical (unpaired) electrons. The van der Waals surface area contributed by atoms with Gasteiger partial charge in [-0.3, -0.25) is 15.0 Å². The third-order valence-electron chi connectivity index (χ3n) is 5.42. The molecule has 1 fully saturated rings. The zero-order valence-electron chi connectivity index (χ0n) is 19.9. The molecule has 3 rings (SSSR count). The Morgan fingerprint density at radius 3 is 2.49 bits per heavy atom. The maximum absolute atomic E-state index is 12.1. The number of rotatable bonds is 7. The Labute approximate surface area is 204 Å². The van der Waals surface area contributed by atoms with Crippen LogP contribution in [0.1, 0.15) is 32.3 Å². The minimum absolute atomic E-state index is 0.0104. The normalized spacial score (nSPS) is 17.4. The van der Waals surface area contributed by atoms with Crippen molar-refractivity contribution in [1.29, 1.82) is 5.41 Å². The number of piperidine rings is 1. The summed E-state index contributed by atoms with van der Waals surface area (Å²) in [5.74, 6) is 6.58. The van der Waals surface area contributed by atoms with E-state index >= 15 is 0 Å². The number of hydrazone groups is 1. The lowest BCUT2D eigenvalue weighted by atomic mass is 10.0. The number of nitrogens with one attached hydrogen (secondary N) is 3. The summed E-state index contributed by atoms with van der Waals surface area (Å²) in [6.45, 7) is 9.40. The lowest BCUT2D eigenvalue weighted by molar-refractivity contribution is -0.127. The molecule has 0 saturated carbocycles. The molecule has 0 atom stereocenters. The predicted octanol–water partition coefficient (Wildman–Crippen LogP) is 1.28. The van der Waals surface area contributed by atoms with E-state index in [-0.39, 0.29) is 29.1 Å². The van der Waals surface area contributed by atoms with Crippen LogP contribution in [0, 0.1) is 17.3 Å². The summed E-state index contributed by atoms with van der Waals surface area (Å²) in [7, 11) is 0. The molecule has 2 aliphatic heterocycles. The van der Waals surface area contributed by atoms with Crippen molar-refractivity contribution in [2.75, 3.05) is 26.3 Å². The number of nitrogens with zero attached hydrogens (tertiary/aromatic N) is 2. The van der Waals surface area contributed by atoms with Gasteiger partial charge in [0.05, 0.1) is 24.5 Å². The Bertz CT molecular complexity index is 1110. The molecule has 0 aliphatic carbocycles. The molecule has 1 saturated heterocycles. The monoisotopic (exact) mass is 478 g/mol. The molecular formula is C25H30N6O4. The van der Waals surface area contributed by atoms with Gasteiger partial charge in [-0.15, -0.1) is 0 Å². The predicted molar refractivity (Wildman–Crippen MR) is 133 cm³/mol.